The van der Waals surface area contributed by atoms with Gasteiger partial charge in [-0.1, -0.05) is 204 Å². The number of aromatic nitrogens is 6. The Morgan fingerprint density at radius 2 is 0.848 bits per heavy atom. The van der Waals surface area contributed by atoms with Crippen LogP contribution < -0.4 is 0 Å². The van der Waals surface area contributed by atoms with Crippen molar-refractivity contribution in [3.05, 3.63) is 420 Å². The third-order valence-corrected chi connectivity index (χ3v) is 20.2. The molecule has 132 heavy (non-hydrogen) atoms. The Morgan fingerprint density at radius 3 is 1.32 bits per heavy atom. The second-order valence-corrected chi connectivity index (χ2v) is 33.2. The Bertz CT molecular complexity index is 6370. The van der Waals surface area contributed by atoms with E-state index in [4.69, 9.17) is 14.5 Å². The fourth-order valence-electron chi connectivity index (χ4n) is 13.8. The van der Waals surface area contributed by atoms with Crippen molar-refractivity contribution in [3.8, 4) is 89.8 Å². The molecule has 0 bridgehead atoms. The van der Waals surface area contributed by atoms with Gasteiger partial charge in [0.25, 0.3) is 0 Å². The third-order valence-electron chi connectivity index (χ3n) is 20.2. The largest absolute Gasteiger partial charge is 0.512 e. The van der Waals surface area contributed by atoms with Crippen LogP contribution in [0.15, 0.2) is 338 Å². The molecule has 2 N–H and O–H groups in total. The van der Waals surface area contributed by atoms with E-state index in [-0.39, 0.29) is 104 Å². The molecule has 17 rings (SSSR count). The van der Waals surface area contributed by atoms with E-state index in [1.165, 1.54) is 92.1 Å². The summed E-state index contributed by atoms with van der Waals surface area (Å²) in [5, 5.41) is 21.5. The van der Waals surface area contributed by atoms with Gasteiger partial charge in [-0.3, -0.25) is 14.6 Å². The molecule has 7 heterocycles. The van der Waals surface area contributed by atoms with Crippen molar-refractivity contribution >= 4 is 44.4 Å². The molecule has 0 saturated heterocycles. The molecule has 11 nitrogen and oxygen atoms in total. The zero-order chi connectivity index (χ0) is 91.6. The number of fused-ring (bicyclic) bond motifs is 4. The van der Waals surface area contributed by atoms with Crippen LogP contribution in [-0.4, -0.2) is 51.7 Å². The van der Waals surface area contributed by atoms with Gasteiger partial charge in [0.15, 0.2) is 11.6 Å². The molecule has 4 radical (unpaired) electrons. The van der Waals surface area contributed by atoms with Crippen LogP contribution in [0.3, 0.4) is 0 Å². The van der Waals surface area contributed by atoms with E-state index in [1.54, 1.807) is 13.1 Å². The number of furan rings is 1. The summed E-state index contributed by atoms with van der Waals surface area (Å²) in [5.41, 5.74) is 31.4. The van der Waals surface area contributed by atoms with Gasteiger partial charge in [0.2, 0.25) is 0 Å². The fraction of sp³-hybridized carbons (Fsp3) is 0.197. The smallest absolute Gasteiger partial charge is 0.159 e. The van der Waals surface area contributed by atoms with Crippen molar-refractivity contribution in [3.63, 3.8) is 0 Å². The number of ketones is 2. The molecule has 0 aliphatic carbocycles. The summed E-state index contributed by atoms with van der Waals surface area (Å²) in [7, 11) is 0. The standard InChI is InChI=1S/C22H24N.C19H16N.C18H14N.C17H10NO.2C12H10N.C11H20O2.C6H10O2.4Ir/c1-14(2)8-18-13-22(19-10-16(4)9-17(5)11-19)23-21-7-6-15(3)12-20(18)21;1-14-10-15(2)12-18(11-14)17-8-9-20-19(13-17)16-6-4-3-5-7-16;1-14-7-9-15(10-8-14)17-11-12-19-18(13-17)16-5-3-2-4-6-16;1-2-7-16-13(5-1)14-11-12(8-9-17(14)19-16)15-6-3-4-10-18-15;2*1-10-7-8-12(13-9-10)11-5-3-2-4-6-11;1-8(2)5-10(12)7-11(13)6-9(3)4;1-4(5(2)7)6(3)8;;;;/h6-7,9-10,12-14H,8H2,1-5H3;3-6,8-13H,1-2H3;2-5,7-13H,1H3;1-7,9-11H;2*2-5,7-9H,1H3;7-9,12H,5-6H2,1-4H3;7H,1-3H3;;;;/q6*-1;;;;;;. The van der Waals surface area contributed by atoms with Gasteiger partial charge in [-0.05, 0) is 196 Å². The number of rotatable bonds is 16. The fourth-order valence-corrected chi connectivity index (χ4v) is 13.8. The molecule has 10 aromatic carbocycles. The first-order valence-corrected chi connectivity index (χ1v) is 43.3. The number of carbonyl (C=O) groups is 2. The van der Waals surface area contributed by atoms with Gasteiger partial charge in [0.05, 0.1) is 22.6 Å². The van der Waals surface area contributed by atoms with Gasteiger partial charge < -0.3 is 39.6 Å². The molecular weight excluding hydrogens is 2340 g/mol. The van der Waals surface area contributed by atoms with Gasteiger partial charge in [0.1, 0.15) is 5.58 Å². The summed E-state index contributed by atoms with van der Waals surface area (Å²) in [6.07, 6.45) is 12.8. The quantitative estimate of drug-likeness (QED) is 0.0537. The van der Waals surface area contributed by atoms with Gasteiger partial charge in [0, 0.05) is 147 Å². The number of aliphatic hydroxyl groups excluding tert-OH is 2. The Kier molecular flexibility index (Phi) is 45.8. The maximum absolute atomic E-state index is 11.2. The molecule has 17 aromatic rings. The summed E-state index contributed by atoms with van der Waals surface area (Å²) in [6.45, 7) is 33.8. The predicted octanol–water partition coefficient (Wildman–Crippen LogP) is 29.9. The van der Waals surface area contributed by atoms with Crippen LogP contribution in [0, 0.1) is 110 Å². The summed E-state index contributed by atoms with van der Waals surface area (Å²) in [4.78, 5) is 48.3. The Hall–Kier alpha value is -11.8. The van der Waals surface area contributed by atoms with E-state index in [0.29, 0.717) is 36.2 Å². The van der Waals surface area contributed by atoms with E-state index in [9.17, 15) is 14.7 Å². The topological polar surface area (TPSA) is 165 Å². The number of aliphatic hydroxyl groups is 2. The number of para-hydroxylation sites is 1. The molecule has 7 aromatic heterocycles. The molecule has 15 heteroatoms. The molecule has 0 atom stereocenters. The average molecular weight is 2450 g/mol. The van der Waals surface area contributed by atoms with E-state index in [2.05, 4.69) is 238 Å². The summed E-state index contributed by atoms with van der Waals surface area (Å²) in [5.74, 6) is 1.63. The number of hydrogen-bond donors (Lipinski definition) is 2. The maximum Gasteiger partial charge on any atom is 0.159 e. The Labute approximate surface area is 835 Å². The van der Waals surface area contributed by atoms with Crippen LogP contribution in [0.1, 0.15) is 125 Å². The first-order chi connectivity index (χ1) is 61.6. The van der Waals surface area contributed by atoms with E-state index >= 15 is 0 Å². The molecule has 0 aliphatic rings. The number of nitrogens with zero attached hydrogens (tertiary/aromatic N) is 6. The predicted molar refractivity (Wildman–Crippen MR) is 529 cm³/mol. The van der Waals surface area contributed by atoms with Crippen molar-refractivity contribution in [2.24, 2.45) is 17.8 Å². The van der Waals surface area contributed by atoms with Gasteiger partial charge in [-0.25, -0.2) is 0 Å². The molecule has 0 fully saturated rings. The Balaban J connectivity index is 0.000000235. The number of aryl methyl sites for hydroxylation is 8. The number of hydrogen-bond acceptors (Lipinski definition) is 11. The molecule has 684 valence electrons. The van der Waals surface area contributed by atoms with Crippen molar-refractivity contribution in [1.29, 1.82) is 0 Å². The zero-order valence-electron chi connectivity index (χ0n) is 78.0. The third kappa shape index (κ3) is 35.0. The van der Waals surface area contributed by atoms with Crippen molar-refractivity contribution in [2.75, 3.05) is 0 Å². The molecule has 0 saturated carbocycles. The number of pyridine rings is 6. The second-order valence-electron chi connectivity index (χ2n) is 33.2. The first-order valence-electron chi connectivity index (χ1n) is 43.3. The number of benzene rings is 10. The van der Waals surface area contributed by atoms with Crippen LogP contribution in [0.5, 0.6) is 0 Å². The average Bonchev–Trinajstić information content (AvgIpc) is 1.58. The van der Waals surface area contributed by atoms with Gasteiger partial charge in [-0.15, -0.1) is 202 Å². The monoisotopic (exact) mass is 2450 g/mol. The van der Waals surface area contributed by atoms with Crippen molar-refractivity contribution < 1.29 is 105 Å². The van der Waals surface area contributed by atoms with Crippen molar-refractivity contribution in [2.45, 2.75) is 137 Å². The normalized spacial score (nSPS) is 10.7. The number of allylic oxidation sites excluding steroid dienone is 4. The van der Waals surface area contributed by atoms with Gasteiger partial charge in [-0.2, -0.15) is 0 Å². The SMILES string of the molecule is CC(=O)C(C)=C(C)O.CC(C)CC(=O)C=C(O)CC(C)C.Cc1[c-]c(-c2cc(CC(C)C)c3cc(C)ccc3n2)cc(C)c1.Cc1cc(C)cc(-c2ccnc(-c3[c-]cccc3)c2)c1.Cc1ccc(-c2[c-]cccc2)nc1.Cc1ccc(-c2[c-]cccc2)nc1.Cc1ccc(-c2ccnc(-c3[c-]cccc3)c2)cc1.[Ir].[Ir].[Ir].[Ir].[c-]1cc2oc3ccccc3c2cc1-c1ccccn1. The molecule has 0 aliphatic heterocycles. The molecule has 0 amide bonds. The van der Waals surface area contributed by atoms with Crippen LogP contribution in [0.25, 0.3) is 123 Å². The maximum atomic E-state index is 11.2. The van der Waals surface area contributed by atoms with E-state index in [1.807, 2.05) is 224 Å². The van der Waals surface area contributed by atoms with Crippen LogP contribution in [0.2, 0.25) is 0 Å². The first kappa shape index (κ1) is 109. The summed E-state index contributed by atoms with van der Waals surface area (Å²) in [6, 6.07) is 114. The van der Waals surface area contributed by atoms with Crippen LogP contribution in [-0.2, 0) is 96.4 Å². The van der Waals surface area contributed by atoms with E-state index in [0.717, 1.165) is 107 Å². The zero-order valence-corrected chi connectivity index (χ0v) is 87.6. The minimum absolute atomic E-state index is 0. The number of carbonyl (C=O) groups excluding carboxylic acids is 2. The molecular formula is C117H114Ir4N6O5-6. The number of Topliss-reactive ketones (excluding diaryl/α,β-unsaturated/α-hetero) is 1. The van der Waals surface area contributed by atoms with Crippen molar-refractivity contribution in [1.82, 2.24) is 29.9 Å². The van der Waals surface area contributed by atoms with E-state index < -0.39 is 0 Å². The van der Waals surface area contributed by atoms with Crippen LogP contribution in [0.4, 0.5) is 0 Å². The minimum Gasteiger partial charge on any atom is -0.512 e. The molecule has 0 unspecified atom stereocenters. The molecule has 0 spiro atoms. The summed E-state index contributed by atoms with van der Waals surface area (Å²) >= 11 is 0. The minimum atomic E-state index is -0.0787. The Morgan fingerprint density at radius 1 is 0.364 bits per heavy atom. The van der Waals surface area contributed by atoms with Gasteiger partial charge >= 0.3 is 0 Å². The second kappa shape index (κ2) is 55.5. The van der Waals surface area contributed by atoms with Crippen LogP contribution >= 0.6 is 0 Å². The summed E-state index contributed by atoms with van der Waals surface area (Å²) < 4.78 is 5.79.